The highest BCUT2D eigenvalue weighted by Crippen LogP contribution is 2.44. The van der Waals surface area contributed by atoms with Crippen molar-refractivity contribution in [2.45, 2.75) is 38.8 Å². The number of aryl methyl sites for hydroxylation is 1. The number of nitrogens with zero attached hydrogens (tertiary/aromatic N) is 1. The molecule has 35 heavy (non-hydrogen) atoms. The van der Waals surface area contributed by atoms with Crippen LogP contribution in [0.3, 0.4) is 0 Å². The Balaban J connectivity index is 1.73. The molecule has 1 heterocycles. The molecule has 180 valence electrons. The number of rotatable bonds is 9. The van der Waals surface area contributed by atoms with E-state index >= 15 is 0 Å². The van der Waals surface area contributed by atoms with Crippen LogP contribution in [0.5, 0.6) is 11.5 Å². The quantitative estimate of drug-likeness (QED) is 0.441. The highest BCUT2D eigenvalue weighted by Gasteiger charge is 2.45. The summed E-state index contributed by atoms with van der Waals surface area (Å²) in [6.45, 7) is 3.87. The molecule has 4 rings (SSSR count). The highest BCUT2D eigenvalue weighted by atomic mass is 16.5. The molecule has 6 nitrogen and oxygen atoms in total. The molecule has 1 aliphatic rings. The lowest BCUT2D eigenvalue weighted by atomic mass is 9.92. The zero-order valence-electron chi connectivity index (χ0n) is 20.1. The summed E-state index contributed by atoms with van der Waals surface area (Å²) in [4.78, 5) is 28.2. The third-order valence-electron chi connectivity index (χ3n) is 5.91. The molecule has 1 aliphatic heterocycles. The summed E-state index contributed by atoms with van der Waals surface area (Å²) in [5.41, 5.74) is 2.26. The number of methoxy groups -OCH3 is 1. The van der Waals surface area contributed by atoms with Gasteiger partial charge in [0.1, 0.15) is 11.5 Å². The number of hydrogen-bond acceptors (Lipinski definition) is 5. The Morgan fingerprint density at radius 2 is 1.63 bits per heavy atom. The first-order valence-corrected chi connectivity index (χ1v) is 11.6. The van der Waals surface area contributed by atoms with Crippen LogP contribution in [-0.2, 0) is 16.0 Å². The van der Waals surface area contributed by atoms with Gasteiger partial charge < -0.3 is 14.6 Å². The number of ether oxygens (including phenoxy) is 2. The topological polar surface area (TPSA) is 76.1 Å². The molecule has 0 radical (unpaired) electrons. The smallest absolute Gasteiger partial charge is 0.294 e. The Morgan fingerprint density at radius 3 is 2.29 bits per heavy atom. The Kier molecular flexibility index (Phi) is 7.20. The maximum absolute atomic E-state index is 13.5. The number of anilines is 1. The second kappa shape index (κ2) is 10.5. The molecular weight excluding hydrogens is 442 g/mol. The van der Waals surface area contributed by atoms with Crippen LogP contribution in [0, 0.1) is 0 Å². The molecule has 1 N–H and O–H groups in total. The van der Waals surface area contributed by atoms with Crippen LogP contribution >= 0.6 is 0 Å². The average molecular weight is 472 g/mol. The SMILES string of the molecule is COc1ccccc1C1C(C(=O)CCc2ccccc2)=C(O)C(=O)N1c1ccc(OC(C)C)cc1. The van der Waals surface area contributed by atoms with Crippen LogP contribution < -0.4 is 14.4 Å². The first-order chi connectivity index (χ1) is 16.9. The van der Waals surface area contributed by atoms with Crippen molar-refractivity contribution < 1.29 is 24.2 Å². The number of carbonyl (C=O) groups excluding carboxylic acids is 2. The third kappa shape index (κ3) is 5.06. The van der Waals surface area contributed by atoms with Crippen LogP contribution in [0.4, 0.5) is 5.69 Å². The van der Waals surface area contributed by atoms with Crippen molar-refractivity contribution >= 4 is 17.4 Å². The summed E-state index contributed by atoms with van der Waals surface area (Å²) in [5, 5.41) is 10.9. The predicted molar refractivity (Wildman–Crippen MR) is 135 cm³/mol. The van der Waals surface area contributed by atoms with E-state index in [0.717, 1.165) is 5.56 Å². The van der Waals surface area contributed by atoms with Crippen molar-refractivity contribution in [1.29, 1.82) is 0 Å². The summed E-state index contributed by atoms with van der Waals surface area (Å²) < 4.78 is 11.3. The molecule has 1 amide bonds. The van der Waals surface area contributed by atoms with E-state index in [9.17, 15) is 14.7 Å². The van der Waals surface area contributed by atoms with E-state index in [0.29, 0.717) is 29.2 Å². The summed E-state index contributed by atoms with van der Waals surface area (Å²) in [6, 6.07) is 23.1. The molecule has 1 unspecified atom stereocenters. The van der Waals surface area contributed by atoms with Gasteiger partial charge in [-0.25, -0.2) is 0 Å². The summed E-state index contributed by atoms with van der Waals surface area (Å²) in [6.07, 6.45) is 0.678. The monoisotopic (exact) mass is 471 g/mol. The molecule has 1 atom stereocenters. The molecule has 3 aromatic carbocycles. The van der Waals surface area contributed by atoms with Crippen molar-refractivity contribution in [3.63, 3.8) is 0 Å². The Hall–Kier alpha value is -4.06. The van der Waals surface area contributed by atoms with Gasteiger partial charge in [-0.2, -0.15) is 0 Å². The van der Waals surface area contributed by atoms with E-state index in [2.05, 4.69) is 0 Å². The second-order valence-corrected chi connectivity index (χ2v) is 8.65. The number of aliphatic hydroxyl groups is 1. The minimum Gasteiger partial charge on any atom is -0.503 e. The maximum atomic E-state index is 13.5. The molecule has 0 aliphatic carbocycles. The number of Topliss-reactive ketones (excluding diaryl/α,β-unsaturated/α-hetero) is 1. The largest absolute Gasteiger partial charge is 0.503 e. The van der Waals surface area contributed by atoms with Crippen molar-refractivity contribution in [2.75, 3.05) is 12.0 Å². The molecule has 3 aromatic rings. The van der Waals surface area contributed by atoms with Crippen LogP contribution in [0.1, 0.15) is 37.4 Å². The summed E-state index contributed by atoms with van der Waals surface area (Å²) in [7, 11) is 1.54. The molecule has 6 heteroatoms. The number of carbonyl (C=O) groups is 2. The zero-order chi connectivity index (χ0) is 24.9. The minimum atomic E-state index is -0.821. The number of ketones is 1. The van der Waals surface area contributed by atoms with Gasteiger partial charge in [0.2, 0.25) is 0 Å². The van der Waals surface area contributed by atoms with Crippen molar-refractivity contribution in [3.8, 4) is 11.5 Å². The van der Waals surface area contributed by atoms with Crippen LogP contribution in [0.25, 0.3) is 0 Å². The minimum absolute atomic E-state index is 0.00940. The number of benzene rings is 3. The molecular formula is C29H29NO5. The van der Waals surface area contributed by atoms with E-state index in [4.69, 9.17) is 9.47 Å². The highest BCUT2D eigenvalue weighted by molar-refractivity contribution is 6.16. The Bertz CT molecular complexity index is 1230. The third-order valence-corrected chi connectivity index (χ3v) is 5.91. The fourth-order valence-corrected chi connectivity index (χ4v) is 4.34. The molecule has 0 spiro atoms. The number of amides is 1. The standard InChI is InChI=1S/C29H29NO5/c1-19(2)35-22-16-14-21(15-17-22)30-27(23-11-7-8-12-25(23)34-3)26(28(32)29(30)33)24(31)18-13-20-9-5-4-6-10-20/h4-12,14-17,19,27,32H,13,18H2,1-3H3. The maximum Gasteiger partial charge on any atom is 0.294 e. The zero-order valence-corrected chi connectivity index (χ0v) is 20.1. The van der Waals surface area contributed by atoms with E-state index in [-0.39, 0.29) is 23.9 Å². The Labute approximate surface area is 205 Å². The van der Waals surface area contributed by atoms with Crippen molar-refractivity contribution in [2.24, 2.45) is 0 Å². The van der Waals surface area contributed by atoms with Gasteiger partial charge in [0.15, 0.2) is 11.5 Å². The lowest BCUT2D eigenvalue weighted by Gasteiger charge is -2.28. The van der Waals surface area contributed by atoms with Crippen LogP contribution in [0.15, 0.2) is 90.2 Å². The van der Waals surface area contributed by atoms with Gasteiger partial charge in [0, 0.05) is 17.7 Å². The van der Waals surface area contributed by atoms with E-state index in [1.807, 2.05) is 62.4 Å². The fraction of sp³-hybridized carbons (Fsp3) is 0.241. The predicted octanol–water partition coefficient (Wildman–Crippen LogP) is 5.58. The van der Waals surface area contributed by atoms with Gasteiger partial charge >= 0.3 is 0 Å². The van der Waals surface area contributed by atoms with Gasteiger partial charge in [0.05, 0.1) is 24.8 Å². The normalized spacial score (nSPS) is 15.6. The molecule has 0 fully saturated rings. The Morgan fingerprint density at radius 1 is 0.971 bits per heavy atom. The van der Waals surface area contributed by atoms with Gasteiger partial charge in [0.25, 0.3) is 5.91 Å². The van der Waals surface area contributed by atoms with Gasteiger partial charge in [-0.1, -0.05) is 48.5 Å². The molecule has 0 bridgehead atoms. The molecule has 0 saturated heterocycles. The van der Waals surface area contributed by atoms with Crippen LogP contribution in [0.2, 0.25) is 0 Å². The lowest BCUT2D eigenvalue weighted by Crippen LogP contribution is -2.31. The van der Waals surface area contributed by atoms with Gasteiger partial charge in [-0.3, -0.25) is 14.5 Å². The van der Waals surface area contributed by atoms with E-state index in [1.54, 1.807) is 37.4 Å². The van der Waals surface area contributed by atoms with E-state index < -0.39 is 17.7 Å². The van der Waals surface area contributed by atoms with E-state index in [1.165, 1.54) is 4.90 Å². The second-order valence-electron chi connectivity index (χ2n) is 8.65. The van der Waals surface area contributed by atoms with Gasteiger partial charge in [-0.15, -0.1) is 0 Å². The molecule has 0 aromatic heterocycles. The lowest BCUT2D eigenvalue weighted by molar-refractivity contribution is -0.118. The van der Waals surface area contributed by atoms with Gasteiger partial charge in [-0.05, 0) is 56.2 Å². The number of para-hydroxylation sites is 1. The van der Waals surface area contributed by atoms with Crippen LogP contribution in [-0.4, -0.2) is 30.0 Å². The summed E-state index contributed by atoms with van der Waals surface area (Å²) >= 11 is 0. The average Bonchev–Trinajstić information content (AvgIpc) is 3.13. The van der Waals surface area contributed by atoms with Crippen molar-refractivity contribution in [1.82, 2.24) is 0 Å². The number of hydrogen-bond donors (Lipinski definition) is 1. The van der Waals surface area contributed by atoms with Crippen molar-refractivity contribution in [3.05, 3.63) is 101 Å². The molecule has 0 saturated carbocycles. The fourth-order valence-electron chi connectivity index (χ4n) is 4.34. The summed E-state index contributed by atoms with van der Waals surface area (Å²) in [5.74, 6) is -0.237. The first kappa shape index (κ1) is 24.1. The first-order valence-electron chi connectivity index (χ1n) is 11.6. The number of aliphatic hydroxyl groups excluding tert-OH is 1.